The van der Waals surface area contributed by atoms with Crippen molar-refractivity contribution in [2.75, 3.05) is 5.32 Å². The number of ketones is 1. The highest BCUT2D eigenvalue weighted by molar-refractivity contribution is 14.1. The van der Waals surface area contributed by atoms with Crippen molar-refractivity contribution in [2.45, 2.75) is 38.4 Å². The minimum Gasteiger partial charge on any atom is -0.310 e. The van der Waals surface area contributed by atoms with E-state index in [1.165, 1.54) is 0 Å². The van der Waals surface area contributed by atoms with Crippen molar-refractivity contribution in [1.82, 2.24) is 4.98 Å². The maximum Gasteiger partial charge on any atom is 0.233 e. The van der Waals surface area contributed by atoms with Crippen molar-refractivity contribution in [3.05, 3.63) is 21.9 Å². The Balaban J connectivity index is 1.97. The molecule has 2 aliphatic carbocycles. The van der Waals surface area contributed by atoms with E-state index >= 15 is 0 Å². The number of anilines is 1. The van der Waals surface area contributed by atoms with Crippen LogP contribution in [0.3, 0.4) is 0 Å². The van der Waals surface area contributed by atoms with Gasteiger partial charge >= 0.3 is 0 Å². The standard InChI is InChI=1S/C16H18BrIN2O2/c1-14(2)15(3)6-7-16(14,11(17)12(15)21)13(22)20-10-5-4-9(18)8-19-10/h4-5,8,11H,6-7H2,1-3H3,(H,19,20,22). The number of aromatic nitrogens is 1. The van der Waals surface area contributed by atoms with E-state index in [1.54, 1.807) is 12.3 Å². The molecule has 1 heterocycles. The lowest BCUT2D eigenvalue weighted by atomic mass is 9.64. The summed E-state index contributed by atoms with van der Waals surface area (Å²) < 4.78 is 1.01. The van der Waals surface area contributed by atoms with Gasteiger partial charge < -0.3 is 5.32 Å². The third-order valence-corrected chi connectivity index (χ3v) is 7.93. The van der Waals surface area contributed by atoms with Crippen LogP contribution in [0.4, 0.5) is 5.82 Å². The quantitative estimate of drug-likeness (QED) is 0.522. The molecule has 4 nitrogen and oxygen atoms in total. The summed E-state index contributed by atoms with van der Waals surface area (Å²) in [6.07, 6.45) is 3.19. The van der Waals surface area contributed by atoms with Gasteiger partial charge in [-0.1, -0.05) is 36.7 Å². The van der Waals surface area contributed by atoms with E-state index in [4.69, 9.17) is 0 Å². The summed E-state index contributed by atoms with van der Waals surface area (Å²) in [6.45, 7) is 6.08. The topological polar surface area (TPSA) is 59.1 Å². The Morgan fingerprint density at radius 2 is 2.05 bits per heavy atom. The largest absolute Gasteiger partial charge is 0.310 e. The van der Waals surface area contributed by atoms with Crippen LogP contribution in [0.5, 0.6) is 0 Å². The van der Waals surface area contributed by atoms with E-state index < -0.39 is 21.1 Å². The van der Waals surface area contributed by atoms with Crippen molar-refractivity contribution >= 4 is 56.0 Å². The Labute approximate surface area is 152 Å². The third-order valence-electron chi connectivity index (χ3n) is 6.09. The number of carbonyl (C=O) groups is 2. The number of nitrogens with zero attached hydrogens (tertiary/aromatic N) is 1. The lowest BCUT2D eigenvalue weighted by molar-refractivity contribution is -0.130. The normalized spacial score (nSPS) is 35.7. The van der Waals surface area contributed by atoms with Gasteiger partial charge in [0.2, 0.25) is 5.91 Å². The highest BCUT2D eigenvalue weighted by atomic mass is 127. The van der Waals surface area contributed by atoms with Crippen molar-refractivity contribution < 1.29 is 9.59 Å². The van der Waals surface area contributed by atoms with Gasteiger partial charge in [0.1, 0.15) is 5.82 Å². The summed E-state index contributed by atoms with van der Waals surface area (Å²) in [5, 5.41) is 2.92. The summed E-state index contributed by atoms with van der Waals surface area (Å²) >= 11 is 5.69. The summed E-state index contributed by atoms with van der Waals surface area (Å²) in [7, 11) is 0. The molecule has 1 aromatic rings. The van der Waals surface area contributed by atoms with Gasteiger partial charge in [0.15, 0.2) is 5.78 Å². The first kappa shape index (κ1) is 16.4. The van der Waals surface area contributed by atoms with Crippen molar-refractivity contribution in [1.29, 1.82) is 0 Å². The molecule has 2 fully saturated rings. The van der Waals surface area contributed by atoms with E-state index in [-0.39, 0.29) is 11.7 Å². The van der Waals surface area contributed by atoms with Gasteiger partial charge in [0, 0.05) is 15.2 Å². The number of halogens is 2. The van der Waals surface area contributed by atoms with E-state index in [9.17, 15) is 9.59 Å². The summed E-state index contributed by atoms with van der Waals surface area (Å²) in [5.41, 5.74) is -1.56. The highest BCUT2D eigenvalue weighted by Gasteiger charge is 2.76. The number of alkyl halides is 1. The van der Waals surface area contributed by atoms with Crippen LogP contribution in [0.25, 0.3) is 0 Å². The van der Waals surface area contributed by atoms with Crippen LogP contribution in [-0.4, -0.2) is 21.5 Å². The van der Waals surface area contributed by atoms with Crippen LogP contribution in [0.1, 0.15) is 33.6 Å². The first-order valence-corrected chi connectivity index (χ1v) is 9.28. The van der Waals surface area contributed by atoms with Gasteiger partial charge in [-0.3, -0.25) is 9.59 Å². The van der Waals surface area contributed by atoms with Gasteiger partial charge in [-0.2, -0.15) is 0 Å². The SMILES string of the molecule is CC12CCC(C(=O)Nc3ccc(I)cn3)(C(Br)C1=O)C2(C)C. The predicted molar refractivity (Wildman–Crippen MR) is 96.9 cm³/mol. The molecule has 0 aliphatic heterocycles. The van der Waals surface area contributed by atoms with Crippen molar-refractivity contribution in [3.63, 3.8) is 0 Å². The number of hydrogen-bond donors (Lipinski definition) is 1. The van der Waals surface area contributed by atoms with Gasteiger partial charge in [0.25, 0.3) is 0 Å². The fourth-order valence-electron chi connectivity index (χ4n) is 4.13. The van der Waals surface area contributed by atoms with Crippen LogP contribution in [-0.2, 0) is 9.59 Å². The summed E-state index contributed by atoms with van der Waals surface area (Å²) in [5.74, 6) is 0.570. The van der Waals surface area contributed by atoms with E-state index in [1.807, 2.05) is 26.8 Å². The predicted octanol–water partition coefficient (Wildman–Crippen LogP) is 3.78. The van der Waals surface area contributed by atoms with Gasteiger partial charge in [-0.25, -0.2) is 4.98 Å². The maximum absolute atomic E-state index is 13.1. The molecule has 1 aromatic heterocycles. The summed E-state index contributed by atoms with van der Waals surface area (Å²) in [6, 6.07) is 3.69. The second kappa shape index (κ2) is 5.00. The second-order valence-corrected chi connectivity index (χ2v) is 9.13. The van der Waals surface area contributed by atoms with Crippen LogP contribution < -0.4 is 5.32 Å². The minimum absolute atomic E-state index is 0.109. The van der Waals surface area contributed by atoms with Crippen LogP contribution in [0.15, 0.2) is 18.3 Å². The molecule has 2 aliphatic rings. The average Bonchev–Trinajstić information content (AvgIpc) is 2.74. The Kier molecular flexibility index (Phi) is 3.72. The molecule has 1 N–H and O–H groups in total. The summed E-state index contributed by atoms with van der Waals surface area (Å²) in [4.78, 5) is 29.5. The van der Waals surface area contributed by atoms with Gasteiger partial charge in [-0.15, -0.1) is 0 Å². The number of Topliss-reactive ketones (excluding diaryl/α,β-unsaturated/α-hetero) is 1. The number of nitrogens with one attached hydrogen (secondary N) is 1. The van der Waals surface area contributed by atoms with Gasteiger partial charge in [0.05, 0.1) is 10.2 Å². The Morgan fingerprint density at radius 1 is 1.36 bits per heavy atom. The molecule has 0 spiro atoms. The first-order valence-electron chi connectivity index (χ1n) is 7.28. The number of rotatable bonds is 2. The molecule has 0 radical (unpaired) electrons. The zero-order valence-electron chi connectivity index (χ0n) is 12.7. The Bertz CT molecular complexity index is 661. The monoisotopic (exact) mass is 476 g/mol. The van der Waals surface area contributed by atoms with Crippen LogP contribution >= 0.6 is 38.5 Å². The number of hydrogen-bond acceptors (Lipinski definition) is 3. The number of fused-ring (bicyclic) bond motifs is 2. The van der Waals surface area contributed by atoms with E-state index in [2.05, 4.69) is 48.8 Å². The zero-order chi connectivity index (χ0) is 16.3. The molecule has 6 heteroatoms. The molecule has 0 saturated heterocycles. The smallest absolute Gasteiger partial charge is 0.233 e. The second-order valence-electron chi connectivity index (χ2n) is 6.97. The molecule has 3 unspecified atom stereocenters. The fraction of sp³-hybridized carbons (Fsp3) is 0.562. The van der Waals surface area contributed by atoms with Gasteiger partial charge in [-0.05, 0) is 53.0 Å². The molecule has 22 heavy (non-hydrogen) atoms. The van der Waals surface area contributed by atoms with E-state index in [0.717, 1.165) is 9.99 Å². The number of pyridine rings is 1. The number of amides is 1. The molecule has 0 aromatic carbocycles. The van der Waals surface area contributed by atoms with E-state index in [0.29, 0.717) is 12.2 Å². The Morgan fingerprint density at radius 3 is 2.55 bits per heavy atom. The maximum atomic E-state index is 13.1. The molecule has 118 valence electrons. The molecular weight excluding hydrogens is 459 g/mol. The van der Waals surface area contributed by atoms with Crippen molar-refractivity contribution in [2.24, 2.45) is 16.2 Å². The minimum atomic E-state index is -0.719. The molecule has 2 saturated carbocycles. The van der Waals surface area contributed by atoms with Crippen LogP contribution in [0, 0.1) is 19.8 Å². The zero-order valence-corrected chi connectivity index (χ0v) is 16.5. The molecule has 2 bridgehead atoms. The third kappa shape index (κ3) is 1.82. The Hall–Kier alpha value is -0.500. The lowest BCUT2D eigenvalue weighted by Gasteiger charge is -2.39. The highest BCUT2D eigenvalue weighted by Crippen LogP contribution is 2.72. The molecule has 3 atom stereocenters. The average molecular weight is 477 g/mol. The fourth-order valence-corrected chi connectivity index (χ4v) is 5.97. The lowest BCUT2D eigenvalue weighted by Crippen LogP contribution is -2.48. The molecule has 1 amide bonds. The molecular formula is C16H18BrIN2O2. The molecule has 3 rings (SSSR count). The van der Waals surface area contributed by atoms with Crippen LogP contribution in [0.2, 0.25) is 0 Å². The number of carbonyl (C=O) groups excluding carboxylic acids is 2. The van der Waals surface area contributed by atoms with Crippen molar-refractivity contribution in [3.8, 4) is 0 Å². The first-order chi connectivity index (χ1) is 10.2.